The van der Waals surface area contributed by atoms with E-state index >= 15 is 0 Å². The predicted molar refractivity (Wildman–Crippen MR) is 220 cm³/mol. The fraction of sp³-hybridized carbons (Fsp3) is 0.425. The average molecular weight is 906 g/mol. The number of piperidine rings is 2. The van der Waals surface area contributed by atoms with E-state index < -0.39 is 57.5 Å². The maximum Gasteiger partial charge on any atom is 0.416 e. The first-order chi connectivity index (χ1) is 28.9. The third kappa shape index (κ3) is 8.94. The molecule has 0 aromatic heterocycles. The first kappa shape index (κ1) is 42.9. The number of carbonyl (C=O) groups excluding carboxylic acids is 5. The van der Waals surface area contributed by atoms with Crippen molar-refractivity contribution in [3.05, 3.63) is 86.9 Å². The minimum Gasteiger partial charge on any atom is -0.371 e. The number of likely N-dealkylation sites (tertiary alicyclic amines) is 1. The molecule has 15 nitrogen and oxygen atoms in total. The Bertz CT molecular complexity index is 2400. The summed E-state index contributed by atoms with van der Waals surface area (Å²) in [4.78, 5) is 71.5. The van der Waals surface area contributed by atoms with Crippen molar-refractivity contribution in [3.8, 4) is 0 Å². The zero-order chi connectivity index (χ0) is 43.4. The van der Waals surface area contributed by atoms with Gasteiger partial charge in [0.25, 0.3) is 17.7 Å². The molecule has 21 heteroatoms. The van der Waals surface area contributed by atoms with Gasteiger partial charge in [0, 0.05) is 74.9 Å². The van der Waals surface area contributed by atoms with Crippen LogP contribution in [0.25, 0.3) is 0 Å². The van der Waals surface area contributed by atoms with Crippen LogP contribution in [0, 0.1) is 5.92 Å². The van der Waals surface area contributed by atoms with E-state index in [9.17, 15) is 45.6 Å². The third-order valence-electron chi connectivity index (χ3n) is 12.0. The van der Waals surface area contributed by atoms with E-state index in [0.29, 0.717) is 31.1 Å². The van der Waals surface area contributed by atoms with Crippen LogP contribution in [0.15, 0.2) is 54.6 Å². The van der Waals surface area contributed by atoms with Gasteiger partial charge in [-0.05, 0) is 86.9 Å². The molecule has 3 aromatic rings. The molecule has 0 spiro atoms. The molecule has 5 aliphatic heterocycles. The van der Waals surface area contributed by atoms with Crippen molar-refractivity contribution in [1.82, 2.24) is 24.3 Å². The van der Waals surface area contributed by atoms with Gasteiger partial charge in [0.2, 0.25) is 11.8 Å². The quantitative estimate of drug-likeness (QED) is 0.246. The van der Waals surface area contributed by atoms with Crippen LogP contribution < -0.4 is 20.3 Å². The highest BCUT2D eigenvalue weighted by Gasteiger charge is 2.45. The molecule has 324 valence electrons. The molecule has 0 saturated carbocycles. The third-order valence-corrected chi connectivity index (χ3v) is 14.0. The van der Waals surface area contributed by atoms with E-state index in [-0.39, 0.29) is 64.0 Å². The summed E-state index contributed by atoms with van der Waals surface area (Å²) in [7, 11) is -4.11. The van der Waals surface area contributed by atoms with Gasteiger partial charge in [0.05, 0.1) is 38.7 Å². The highest BCUT2D eigenvalue weighted by Crippen LogP contribution is 2.36. The lowest BCUT2D eigenvalue weighted by atomic mass is 9.95. The molecule has 8 rings (SSSR count). The van der Waals surface area contributed by atoms with Gasteiger partial charge >= 0.3 is 16.4 Å². The fourth-order valence-electron chi connectivity index (χ4n) is 8.67. The summed E-state index contributed by atoms with van der Waals surface area (Å²) >= 11 is 12.2. The number of amides is 5. The Morgan fingerprint density at radius 1 is 0.820 bits per heavy atom. The van der Waals surface area contributed by atoms with Crippen LogP contribution in [0.4, 0.5) is 30.2 Å². The number of rotatable bonds is 10. The van der Waals surface area contributed by atoms with Crippen molar-refractivity contribution >= 4 is 80.0 Å². The van der Waals surface area contributed by atoms with E-state index in [2.05, 4.69) is 30.1 Å². The number of halogens is 5. The average Bonchev–Trinajstić information content (AvgIpc) is 3.45. The number of anilines is 3. The smallest absolute Gasteiger partial charge is 0.371 e. The number of hydrogen-bond acceptors (Lipinski definition) is 10. The molecule has 3 aromatic carbocycles. The highest BCUT2D eigenvalue weighted by molar-refractivity contribution is 7.90. The molecule has 4 fully saturated rings. The molecule has 5 aliphatic rings. The molecular formula is C40H41Cl2F3N8O7S. The first-order valence-corrected chi connectivity index (χ1v) is 22.0. The van der Waals surface area contributed by atoms with Crippen LogP contribution in [-0.4, -0.2) is 128 Å². The number of nitrogens with zero attached hydrogens (tertiary/aromatic N) is 5. The van der Waals surface area contributed by atoms with Gasteiger partial charge in [0.15, 0.2) is 0 Å². The Morgan fingerprint density at radius 2 is 1.51 bits per heavy atom. The van der Waals surface area contributed by atoms with Crippen LogP contribution in [-0.2, 0) is 26.0 Å². The Morgan fingerprint density at radius 3 is 2.18 bits per heavy atom. The molecule has 0 aliphatic carbocycles. The lowest BCUT2D eigenvalue weighted by Crippen LogP contribution is -2.56. The van der Waals surface area contributed by atoms with Crippen LogP contribution >= 0.6 is 23.2 Å². The summed E-state index contributed by atoms with van der Waals surface area (Å²) < 4.78 is 70.2. The van der Waals surface area contributed by atoms with Crippen LogP contribution in [0.3, 0.4) is 0 Å². The fourth-order valence-corrected chi connectivity index (χ4v) is 10.3. The number of nitrogens with one attached hydrogen (secondary N) is 3. The highest BCUT2D eigenvalue weighted by atomic mass is 35.5. The summed E-state index contributed by atoms with van der Waals surface area (Å²) in [6.07, 6.45) is -2.61. The molecule has 3 N–H and O–H groups in total. The van der Waals surface area contributed by atoms with E-state index in [0.717, 1.165) is 68.3 Å². The second-order valence-corrected chi connectivity index (χ2v) is 18.4. The second kappa shape index (κ2) is 16.8. The molecule has 0 bridgehead atoms. The summed E-state index contributed by atoms with van der Waals surface area (Å²) in [5.41, 5.74) is 0.0429. The van der Waals surface area contributed by atoms with Gasteiger partial charge in [-0.3, -0.25) is 43.8 Å². The molecule has 5 amide bonds. The summed E-state index contributed by atoms with van der Waals surface area (Å²) in [6.45, 7) is 5.76. The monoisotopic (exact) mass is 904 g/mol. The molecule has 4 saturated heterocycles. The second-order valence-electron chi connectivity index (χ2n) is 15.9. The van der Waals surface area contributed by atoms with Gasteiger partial charge in [-0.15, -0.1) is 0 Å². The summed E-state index contributed by atoms with van der Waals surface area (Å²) in [5, 5.41) is 4.44. The maximum atomic E-state index is 13.5. The number of piperazine rings is 1. The van der Waals surface area contributed by atoms with Gasteiger partial charge < -0.3 is 15.1 Å². The SMILES string of the molecule is O=C1CCC(N2C(=O)c3ccc(N4CC(CN5CCC(N6CCN(S(=O)(=O)Nc7ccc(Cl)cc7C(=O)Nc7ccc(C(F)(F)F)cc7Cl)CC6)CC5)C4)cc3C2=O)C(=O)N1. The Labute approximate surface area is 359 Å². The zero-order valence-corrected chi connectivity index (χ0v) is 34.8. The van der Waals surface area contributed by atoms with Gasteiger partial charge in [-0.2, -0.15) is 25.9 Å². The van der Waals surface area contributed by atoms with Crippen molar-refractivity contribution in [1.29, 1.82) is 0 Å². The molecular weight excluding hydrogens is 864 g/mol. The molecule has 1 unspecified atom stereocenters. The number of benzene rings is 3. The number of carbonyl (C=O) groups is 5. The Kier molecular flexibility index (Phi) is 11.8. The standard InChI is InChI=1S/C40H41Cl2F3N8O7S/c41-25-2-6-32(30(18-25)36(55)46-33-5-1-24(17-31(33)42)40(43,44)45)48-61(59,60)52-15-13-50(14-16-52)26-9-11-49(12-10-26)20-23-21-51(22-23)27-3-4-28-29(19-27)39(58)53(38(28)57)34-7-8-35(54)47-37(34)56/h1-6,17-19,23,26,34,48H,7-16,20-22H2,(H,46,55)(H,47,54,56). The number of fused-ring (bicyclic) bond motifs is 1. The Balaban J connectivity index is 0.789. The van der Waals surface area contributed by atoms with Crippen molar-refractivity contribution in [2.75, 3.05) is 73.8 Å². The minimum absolute atomic E-state index is 0.0593. The maximum absolute atomic E-state index is 13.5. The van der Waals surface area contributed by atoms with Gasteiger partial charge in [-0.25, -0.2) is 0 Å². The zero-order valence-electron chi connectivity index (χ0n) is 32.5. The van der Waals surface area contributed by atoms with E-state index in [1.54, 1.807) is 12.1 Å². The summed E-state index contributed by atoms with van der Waals surface area (Å²) in [5.74, 6) is -2.54. The van der Waals surface area contributed by atoms with Crippen LogP contribution in [0.2, 0.25) is 10.0 Å². The Hall–Kier alpha value is -4.79. The normalized spacial score (nSPS) is 21.4. The van der Waals surface area contributed by atoms with E-state index in [4.69, 9.17) is 23.2 Å². The van der Waals surface area contributed by atoms with E-state index in [1.807, 2.05) is 6.07 Å². The van der Waals surface area contributed by atoms with Crippen LogP contribution in [0.5, 0.6) is 0 Å². The van der Waals surface area contributed by atoms with Crippen LogP contribution in [0.1, 0.15) is 62.3 Å². The van der Waals surface area contributed by atoms with E-state index in [1.165, 1.54) is 22.5 Å². The first-order valence-electron chi connectivity index (χ1n) is 19.8. The topological polar surface area (TPSA) is 172 Å². The molecule has 61 heavy (non-hydrogen) atoms. The summed E-state index contributed by atoms with van der Waals surface area (Å²) in [6, 6.07) is 10.9. The predicted octanol–water partition coefficient (Wildman–Crippen LogP) is 4.54. The lowest BCUT2D eigenvalue weighted by molar-refractivity contribution is -0.138. The van der Waals surface area contributed by atoms with Crippen molar-refractivity contribution in [2.24, 2.45) is 5.92 Å². The van der Waals surface area contributed by atoms with Crippen molar-refractivity contribution < 1.29 is 45.6 Å². The van der Waals surface area contributed by atoms with Gasteiger partial charge in [0.1, 0.15) is 6.04 Å². The molecule has 0 radical (unpaired) electrons. The largest absolute Gasteiger partial charge is 0.416 e. The van der Waals surface area contributed by atoms with Gasteiger partial charge in [-0.1, -0.05) is 23.2 Å². The number of imide groups is 2. The number of alkyl halides is 3. The van der Waals surface area contributed by atoms with Crippen molar-refractivity contribution in [2.45, 2.75) is 43.9 Å². The lowest BCUT2D eigenvalue weighted by Gasteiger charge is -2.46. The number of hydrogen-bond donors (Lipinski definition) is 3. The van der Waals surface area contributed by atoms with Crippen molar-refractivity contribution in [3.63, 3.8) is 0 Å². The molecule has 1 atom stereocenters. The molecule has 5 heterocycles. The minimum atomic E-state index is -4.63.